The summed E-state index contributed by atoms with van der Waals surface area (Å²) < 4.78 is 17.0. The summed E-state index contributed by atoms with van der Waals surface area (Å²) in [7, 11) is 3.32. The van der Waals surface area contributed by atoms with E-state index >= 15 is 0 Å². The minimum absolute atomic E-state index is 0.519. The summed E-state index contributed by atoms with van der Waals surface area (Å²) in [4.78, 5) is 12.1. The van der Waals surface area contributed by atoms with Gasteiger partial charge < -0.3 is 18.8 Å². The van der Waals surface area contributed by atoms with E-state index in [9.17, 15) is 0 Å². The number of methoxy groups -OCH3 is 2. The van der Waals surface area contributed by atoms with Crippen molar-refractivity contribution < 1.29 is 13.9 Å². The standard InChI is InChI=1S/C30H29N3O3S/c1-5-33(6-2)23-12-7-21-17-26(30-32-27(19-37-30)20-8-13-24(34-3)14-9-20)29(36-28(21)18-23)31-22-10-15-25(35-4)16-11-22/h7-19H,5-6H2,1-4H3. The highest BCUT2D eigenvalue weighted by Crippen LogP contribution is 2.31. The summed E-state index contributed by atoms with van der Waals surface area (Å²) in [5.41, 5.74) is 5.98. The molecule has 0 aliphatic rings. The van der Waals surface area contributed by atoms with E-state index in [0.717, 1.165) is 68.8 Å². The molecule has 7 heteroatoms. The lowest BCUT2D eigenvalue weighted by Crippen LogP contribution is -2.21. The van der Waals surface area contributed by atoms with E-state index in [1.54, 1.807) is 25.6 Å². The molecular weight excluding hydrogens is 482 g/mol. The second kappa shape index (κ2) is 10.9. The molecule has 5 aromatic rings. The van der Waals surface area contributed by atoms with Gasteiger partial charge in [-0.1, -0.05) is 0 Å². The Morgan fingerprint density at radius 1 is 0.865 bits per heavy atom. The van der Waals surface area contributed by atoms with E-state index in [-0.39, 0.29) is 0 Å². The van der Waals surface area contributed by atoms with Crippen LogP contribution in [0.2, 0.25) is 0 Å². The van der Waals surface area contributed by atoms with Crippen molar-refractivity contribution in [3.8, 4) is 33.3 Å². The second-order valence-corrected chi connectivity index (χ2v) is 9.29. The maximum atomic E-state index is 6.46. The summed E-state index contributed by atoms with van der Waals surface area (Å²) in [5.74, 6) is 1.60. The van der Waals surface area contributed by atoms with Gasteiger partial charge in [0.25, 0.3) is 0 Å². The molecule has 0 fully saturated rings. The molecule has 0 saturated carbocycles. The van der Waals surface area contributed by atoms with Crippen molar-refractivity contribution in [3.05, 3.63) is 83.7 Å². The topological polar surface area (TPSA) is 60.1 Å². The van der Waals surface area contributed by atoms with Crippen LogP contribution in [0.15, 0.2) is 87.6 Å². The van der Waals surface area contributed by atoms with Crippen molar-refractivity contribution in [1.29, 1.82) is 0 Å². The number of ether oxygens (including phenoxy) is 2. The first-order chi connectivity index (χ1) is 18.1. The van der Waals surface area contributed by atoms with Crippen molar-refractivity contribution in [3.63, 3.8) is 0 Å². The van der Waals surface area contributed by atoms with Gasteiger partial charge in [-0.2, -0.15) is 0 Å². The van der Waals surface area contributed by atoms with Crippen LogP contribution in [0.4, 0.5) is 11.4 Å². The first kappa shape index (κ1) is 24.6. The lowest BCUT2D eigenvalue weighted by atomic mass is 10.1. The van der Waals surface area contributed by atoms with Gasteiger partial charge in [0.1, 0.15) is 22.1 Å². The summed E-state index contributed by atoms with van der Waals surface area (Å²) in [6, 6.07) is 24.0. The Balaban J connectivity index is 1.64. The number of rotatable bonds is 8. The number of anilines is 1. The van der Waals surface area contributed by atoms with E-state index in [0.29, 0.717) is 5.55 Å². The lowest BCUT2D eigenvalue weighted by molar-refractivity contribution is 0.414. The van der Waals surface area contributed by atoms with Crippen LogP contribution in [0.25, 0.3) is 32.8 Å². The van der Waals surface area contributed by atoms with Crippen molar-refractivity contribution in [1.82, 2.24) is 4.98 Å². The molecule has 0 saturated heterocycles. The average molecular weight is 512 g/mol. The van der Waals surface area contributed by atoms with Gasteiger partial charge in [0, 0.05) is 41.2 Å². The average Bonchev–Trinajstić information content (AvgIpc) is 3.44. The Hall–Kier alpha value is -4.10. The molecule has 6 nitrogen and oxygen atoms in total. The van der Waals surface area contributed by atoms with E-state index in [1.807, 2.05) is 48.5 Å². The normalized spacial score (nSPS) is 11.6. The fourth-order valence-corrected chi connectivity index (χ4v) is 5.03. The molecule has 0 spiro atoms. The molecule has 2 aromatic heterocycles. The maximum absolute atomic E-state index is 6.46. The van der Waals surface area contributed by atoms with Crippen molar-refractivity contribution in [2.45, 2.75) is 13.8 Å². The summed E-state index contributed by atoms with van der Waals surface area (Å²) in [5, 5.41) is 3.90. The number of fused-ring (bicyclic) bond motifs is 1. The molecule has 0 N–H and O–H groups in total. The molecular formula is C30H29N3O3S. The predicted octanol–water partition coefficient (Wildman–Crippen LogP) is 7.32. The van der Waals surface area contributed by atoms with Gasteiger partial charge >= 0.3 is 0 Å². The largest absolute Gasteiger partial charge is 0.497 e. The van der Waals surface area contributed by atoms with Crippen LogP contribution in [-0.4, -0.2) is 32.3 Å². The summed E-state index contributed by atoms with van der Waals surface area (Å²) in [6.45, 7) is 6.16. The Morgan fingerprint density at radius 3 is 2.19 bits per heavy atom. The van der Waals surface area contributed by atoms with E-state index in [1.165, 1.54) is 0 Å². The molecule has 0 radical (unpaired) electrons. The number of benzene rings is 3. The van der Waals surface area contributed by atoms with Gasteiger partial charge in [0.15, 0.2) is 0 Å². The number of nitrogens with zero attached hydrogens (tertiary/aromatic N) is 3. The van der Waals surface area contributed by atoms with Crippen LogP contribution < -0.4 is 19.9 Å². The molecule has 0 aliphatic carbocycles. The summed E-state index contributed by atoms with van der Waals surface area (Å²) in [6.07, 6.45) is 0. The number of thiazole rings is 1. The first-order valence-electron chi connectivity index (χ1n) is 12.2. The highest BCUT2D eigenvalue weighted by atomic mass is 32.1. The van der Waals surface area contributed by atoms with Gasteiger partial charge in [-0.3, -0.25) is 0 Å². The zero-order chi connectivity index (χ0) is 25.8. The minimum Gasteiger partial charge on any atom is -0.497 e. The molecule has 0 unspecified atom stereocenters. The fourth-order valence-electron chi connectivity index (χ4n) is 4.19. The highest BCUT2D eigenvalue weighted by Gasteiger charge is 2.14. The number of hydrogen-bond acceptors (Lipinski definition) is 7. The van der Waals surface area contributed by atoms with Gasteiger partial charge in [0.05, 0.1) is 31.2 Å². The Labute approximate surface area is 220 Å². The van der Waals surface area contributed by atoms with Gasteiger partial charge in [-0.15, -0.1) is 11.3 Å². The number of aromatic nitrogens is 1. The molecule has 0 aliphatic heterocycles. The van der Waals surface area contributed by atoms with Crippen molar-refractivity contribution >= 4 is 33.7 Å². The fraction of sp³-hybridized carbons (Fsp3) is 0.200. The first-order valence-corrected chi connectivity index (χ1v) is 13.1. The van der Waals surface area contributed by atoms with Gasteiger partial charge in [-0.25, -0.2) is 9.98 Å². The molecule has 188 valence electrons. The molecule has 0 amide bonds. The maximum Gasteiger partial charge on any atom is 0.230 e. The van der Waals surface area contributed by atoms with Crippen LogP contribution >= 0.6 is 11.3 Å². The monoisotopic (exact) mass is 511 g/mol. The quantitative estimate of drug-likeness (QED) is 0.218. The SMILES string of the molecule is CCN(CC)c1ccc2cc(-c3nc(-c4ccc(OC)cc4)cs3)c(=Nc3ccc(OC)cc3)oc2c1. The molecule has 3 aromatic carbocycles. The molecule has 0 atom stereocenters. The van der Waals surface area contributed by atoms with Crippen LogP contribution in [0.1, 0.15) is 13.8 Å². The van der Waals surface area contributed by atoms with Gasteiger partial charge in [-0.05, 0) is 80.6 Å². The van der Waals surface area contributed by atoms with Crippen LogP contribution in [-0.2, 0) is 0 Å². The third-order valence-electron chi connectivity index (χ3n) is 6.29. The Kier molecular flexibility index (Phi) is 7.23. The second-order valence-electron chi connectivity index (χ2n) is 8.44. The Morgan fingerprint density at radius 2 is 1.54 bits per heavy atom. The van der Waals surface area contributed by atoms with Crippen molar-refractivity contribution in [2.24, 2.45) is 4.99 Å². The predicted molar refractivity (Wildman–Crippen MR) is 151 cm³/mol. The highest BCUT2D eigenvalue weighted by molar-refractivity contribution is 7.13. The molecule has 37 heavy (non-hydrogen) atoms. The molecule has 5 rings (SSSR count). The third kappa shape index (κ3) is 5.22. The Bertz CT molecular complexity index is 1570. The number of hydrogen-bond donors (Lipinski definition) is 0. The van der Waals surface area contributed by atoms with E-state index in [2.05, 4.69) is 48.4 Å². The van der Waals surface area contributed by atoms with Gasteiger partial charge in [0.2, 0.25) is 5.55 Å². The van der Waals surface area contributed by atoms with Crippen molar-refractivity contribution in [2.75, 3.05) is 32.2 Å². The van der Waals surface area contributed by atoms with E-state index in [4.69, 9.17) is 23.9 Å². The third-order valence-corrected chi connectivity index (χ3v) is 7.16. The van der Waals surface area contributed by atoms with Crippen LogP contribution in [0.3, 0.4) is 0 Å². The molecule has 0 bridgehead atoms. The zero-order valence-electron chi connectivity index (χ0n) is 21.4. The van der Waals surface area contributed by atoms with Crippen LogP contribution in [0.5, 0.6) is 11.5 Å². The lowest BCUT2D eigenvalue weighted by Gasteiger charge is -2.21. The van der Waals surface area contributed by atoms with E-state index < -0.39 is 0 Å². The van der Waals surface area contributed by atoms with Crippen LogP contribution in [0, 0.1) is 0 Å². The smallest absolute Gasteiger partial charge is 0.230 e. The summed E-state index contributed by atoms with van der Waals surface area (Å²) >= 11 is 1.57. The minimum atomic E-state index is 0.519. The zero-order valence-corrected chi connectivity index (χ0v) is 22.2. The molecule has 2 heterocycles.